The summed E-state index contributed by atoms with van der Waals surface area (Å²) in [6, 6.07) is -0.240. The Morgan fingerprint density at radius 1 is 1.00 bits per heavy atom. The molecule has 5 nitrogen and oxygen atoms in total. The highest BCUT2D eigenvalue weighted by Gasteiger charge is 2.58. The van der Waals surface area contributed by atoms with Crippen LogP contribution in [0.3, 0.4) is 0 Å². The predicted octanol–water partition coefficient (Wildman–Crippen LogP) is 5.74. The first-order valence-electron chi connectivity index (χ1n) is 10.4. The van der Waals surface area contributed by atoms with Gasteiger partial charge in [-0.05, 0) is 49.7 Å². The van der Waals surface area contributed by atoms with Crippen molar-refractivity contribution in [1.29, 1.82) is 0 Å². The monoisotopic (exact) mass is 399 g/mol. The smallest absolute Gasteiger partial charge is 0.417 e. The van der Waals surface area contributed by atoms with Crippen LogP contribution >= 0.6 is 0 Å². The molecule has 1 rings (SSSR count). The van der Waals surface area contributed by atoms with Gasteiger partial charge in [-0.1, -0.05) is 55.4 Å². The number of amides is 2. The summed E-state index contributed by atoms with van der Waals surface area (Å²) in [5.74, 6) is 0.112. The Balaban J connectivity index is 3.15. The van der Waals surface area contributed by atoms with Crippen LogP contribution in [0.5, 0.6) is 0 Å². The fourth-order valence-corrected chi connectivity index (χ4v) is 10.0. The van der Waals surface area contributed by atoms with Crippen molar-refractivity contribution in [1.82, 2.24) is 4.90 Å². The Morgan fingerprint density at radius 2 is 1.44 bits per heavy atom. The highest BCUT2D eigenvalue weighted by atomic mass is 28.4. The van der Waals surface area contributed by atoms with E-state index < -0.39 is 26.1 Å². The largest absolute Gasteiger partial charge is 0.443 e. The second kappa shape index (κ2) is 8.64. The quantitative estimate of drug-likeness (QED) is 0.405. The third kappa shape index (κ3) is 5.14. The molecular weight excluding hydrogens is 358 g/mol. The molecule has 0 bridgehead atoms. The fourth-order valence-electron chi connectivity index (χ4n) is 4.52. The van der Waals surface area contributed by atoms with Crippen LogP contribution in [0, 0.1) is 5.92 Å². The SMILES string of the molecule is CC(C)C[C@H]1[C@@H](O[Si](C(C)C)(C(C)C)C(C)C)C(=O)N1C(=O)OC(C)(C)C. The number of ether oxygens (including phenoxy) is 1. The average Bonchev–Trinajstić information content (AvgIpc) is 2.43. The van der Waals surface area contributed by atoms with E-state index in [0.717, 1.165) is 6.42 Å². The van der Waals surface area contributed by atoms with Crippen LogP contribution in [0.1, 0.15) is 82.6 Å². The number of carbonyl (C=O) groups is 2. The Bertz CT molecular complexity index is 515. The summed E-state index contributed by atoms with van der Waals surface area (Å²) in [5.41, 5.74) is 0.541. The van der Waals surface area contributed by atoms with Crippen molar-refractivity contribution in [2.75, 3.05) is 0 Å². The lowest BCUT2D eigenvalue weighted by Crippen LogP contribution is -2.71. The number of β-lactam (4-membered cyclic amide) rings is 1. The molecule has 2 atom stereocenters. The molecule has 0 aromatic rings. The third-order valence-corrected chi connectivity index (χ3v) is 11.6. The summed E-state index contributed by atoms with van der Waals surface area (Å²) in [6.45, 7) is 22.9. The lowest BCUT2D eigenvalue weighted by Gasteiger charge is -2.52. The average molecular weight is 400 g/mol. The van der Waals surface area contributed by atoms with E-state index in [0.29, 0.717) is 22.5 Å². The molecule has 0 saturated carbocycles. The Hall–Kier alpha value is -0.883. The van der Waals surface area contributed by atoms with Crippen molar-refractivity contribution >= 4 is 20.3 Å². The van der Waals surface area contributed by atoms with Crippen LogP contribution in [-0.4, -0.2) is 43.0 Å². The molecule has 0 unspecified atom stereocenters. The van der Waals surface area contributed by atoms with Crippen molar-refractivity contribution < 1.29 is 18.8 Å². The summed E-state index contributed by atoms with van der Waals surface area (Å²) < 4.78 is 12.2. The van der Waals surface area contributed by atoms with E-state index in [1.165, 1.54) is 4.90 Å². The third-order valence-electron chi connectivity index (χ3n) is 5.50. The van der Waals surface area contributed by atoms with E-state index in [-0.39, 0.29) is 11.9 Å². The zero-order chi connectivity index (χ0) is 21.3. The van der Waals surface area contributed by atoms with E-state index in [2.05, 4.69) is 55.4 Å². The minimum atomic E-state index is -2.21. The molecular formula is C21H41NO4Si. The molecule has 6 heteroatoms. The van der Waals surface area contributed by atoms with Crippen LogP contribution in [-0.2, 0) is 14.0 Å². The molecule has 0 radical (unpaired) electrons. The number of hydrogen-bond acceptors (Lipinski definition) is 4. The zero-order valence-electron chi connectivity index (χ0n) is 19.3. The Morgan fingerprint density at radius 3 is 1.78 bits per heavy atom. The lowest BCUT2D eigenvalue weighted by molar-refractivity contribution is -0.163. The molecule has 1 aliphatic heterocycles. The van der Waals surface area contributed by atoms with E-state index >= 15 is 0 Å². The minimum absolute atomic E-state index is 0.240. The van der Waals surface area contributed by atoms with Gasteiger partial charge in [-0.25, -0.2) is 9.69 Å². The summed E-state index contributed by atoms with van der Waals surface area (Å²) in [6.07, 6.45) is -0.350. The first-order valence-corrected chi connectivity index (χ1v) is 12.5. The van der Waals surface area contributed by atoms with Crippen molar-refractivity contribution in [3.8, 4) is 0 Å². The Labute approximate surface area is 167 Å². The second-order valence-corrected chi connectivity index (χ2v) is 15.6. The topological polar surface area (TPSA) is 55.8 Å². The molecule has 2 amide bonds. The van der Waals surface area contributed by atoms with E-state index in [4.69, 9.17) is 9.16 Å². The van der Waals surface area contributed by atoms with Gasteiger partial charge < -0.3 is 9.16 Å². The Kier molecular flexibility index (Phi) is 7.73. The standard InChI is InChI=1S/C21H41NO4Si/c1-13(2)12-17-18(19(23)22(17)20(24)25-21(9,10)11)26-27(14(3)4,15(5)6)16(7)8/h13-18H,12H2,1-11H3/t17-,18+/m0/s1. The number of hydrogen-bond donors (Lipinski definition) is 0. The molecule has 1 heterocycles. The van der Waals surface area contributed by atoms with Gasteiger partial charge in [0.2, 0.25) is 8.32 Å². The molecule has 0 aliphatic carbocycles. The molecule has 1 aliphatic rings. The molecule has 0 spiro atoms. The summed E-state index contributed by atoms with van der Waals surface area (Å²) >= 11 is 0. The number of nitrogens with zero attached hydrogens (tertiary/aromatic N) is 1. The van der Waals surface area contributed by atoms with Crippen LogP contribution < -0.4 is 0 Å². The second-order valence-electron chi connectivity index (χ2n) is 10.2. The predicted molar refractivity (Wildman–Crippen MR) is 112 cm³/mol. The zero-order valence-corrected chi connectivity index (χ0v) is 20.3. The molecule has 0 aromatic heterocycles. The molecule has 1 saturated heterocycles. The van der Waals surface area contributed by atoms with Crippen molar-refractivity contribution in [3.63, 3.8) is 0 Å². The maximum absolute atomic E-state index is 12.9. The van der Waals surface area contributed by atoms with Crippen LogP contribution in [0.2, 0.25) is 16.6 Å². The summed E-state index contributed by atoms with van der Waals surface area (Å²) in [7, 11) is -2.21. The minimum Gasteiger partial charge on any atom is -0.443 e. The molecule has 0 aromatic carbocycles. The van der Waals surface area contributed by atoms with Gasteiger partial charge in [-0.2, -0.15) is 0 Å². The van der Waals surface area contributed by atoms with Gasteiger partial charge in [-0.3, -0.25) is 4.79 Å². The first kappa shape index (κ1) is 24.2. The van der Waals surface area contributed by atoms with Crippen LogP contribution in [0.15, 0.2) is 0 Å². The first-order chi connectivity index (χ1) is 12.1. The van der Waals surface area contributed by atoms with Gasteiger partial charge in [0.25, 0.3) is 5.91 Å². The normalized spacial score (nSPS) is 21.4. The van der Waals surface area contributed by atoms with Gasteiger partial charge in [0, 0.05) is 0 Å². The maximum Gasteiger partial charge on any atom is 0.417 e. The van der Waals surface area contributed by atoms with Crippen molar-refractivity contribution in [3.05, 3.63) is 0 Å². The van der Waals surface area contributed by atoms with Gasteiger partial charge in [0.05, 0.1) is 6.04 Å². The molecule has 158 valence electrons. The van der Waals surface area contributed by atoms with Gasteiger partial charge >= 0.3 is 6.09 Å². The number of rotatable bonds is 7. The fraction of sp³-hybridized carbons (Fsp3) is 0.905. The van der Waals surface area contributed by atoms with Crippen molar-refractivity contribution in [2.45, 2.75) is 117 Å². The van der Waals surface area contributed by atoms with E-state index in [1.54, 1.807) is 0 Å². The van der Waals surface area contributed by atoms with Gasteiger partial charge in [-0.15, -0.1) is 0 Å². The van der Waals surface area contributed by atoms with Gasteiger partial charge in [0.1, 0.15) is 11.7 Å². The highest BCUT2D eigenvalue weighted by molar-refractivity contribution is 6.77. The summed E-state index contributed by atoms with van der Waals surface area (Å²) in [5, 5.41) is 0. The molecule has 1 fully saturated rings. The molecule has 0 N–H and O–H groups in total. The highest BCUT2D eigenvalue weighted by Crippen LogP contribution is 2.45. The van der Waals surface area contributed by atoms with Gasteiger partial charge in [0.15, 0.2) is 0 Å². The molecule has 27 heavy (non-hydrogen) atoms. The maximum atomic E-state index is 12.9. The van der Waals surface area contributed by atoms with Crippen molar-refractivity contribution in [2.24, 2.45) is 5.92 Å². The van der Waals surface area contributed by atoms with E-state index in [9.17, 15) is 9.59 Å². The van der Waals surface area contributed by atoms with Crippen LogP contribution in [0.4, 0.5) is 4.79 Å². The van der Waals surface area contributed by atoms with Crippen LogP contribution in [0.25, 0.3) is 0 Å². The van der Waals surface area contributed by atoms with E-state index in [1.807, 2.05) is 20.8 Å². The number of carbonyl (C=O) groups excluding carboxylic acids is 2. The summed E-state index contributed by atoms with van der Waals surface area (Å²) in [4.78, 5) is 26.8. The lowest BCUT2D eigenvalue weighted by atomic mass is 9.90. The number of imide groups is 1. The number of likely N-dealkylation sites (tertiary alicyclic amines) is 1.